The molecule has 0 aliphatic carbocycles. The molecule has 0 radical (unpaired) electrons. The summed E-state index contributed by atoms with van der Waals surface area (Å²) in [4.78, 5) is 13.2. The molecular formula is C16H15ClN6S. The van der Waals surface area contributed by atoms with E-state index in [4.69, 9.17) is 11.6 Å². The molecule has 3 aromatic heterocycles. The number of aromatic nitrogens is 4. The molecule has 3 aromatic rings. The van der Waals surface area contributed by atoms with Gasteiger partial charge in [0.1, 0.15) is 11.5 Å². The third-order valence-corrected chi connectivity index (χ3v) is 5.11. The molecule has 0 saturated carbocycles. The summed E-state index contributed by atoms with van der Waals surface area (Å²) in [6.45, 7) is 3.57. The average Bonchev–Trinajstić information content (AvgIpc) is 3.13. The Balaban J connectivity index is 1.43. The molecule has 6 nitrogen and oxygen atoms in total. The van der Waals surface area contributed by atoms with Gasteiger partial charge < -0.3 is 9.80 Å². The zero-order valence-corrected chi connectivity index (χ0v) is 14.4. The van der Waals surface area contributed by atoms with E-state index in [9.17, 15) is 0 Å². The zero-order valence-electron chi connectivity index (χ0n) is 12.8. The highest BCUT2D eigenvalue weighted by Gasteiger charge is 2.21. The zero-order chi connectivity index (χ0) is 16.4. The van der Waals surface area contributed by atoms with Crippen LogP contribution in [0.2, 0.25) is 5.02 Å². The summed E-state index contributed by atoms with van der Waals surface area (Å²) in [6.07, 6.45) is 3.46. The second-order valence-corrected chi connectivity index (χ2v) is 6.81. The number of pyridine rings is 2. The first-order valence-electron chi connectivity index (χ1n) is 7.66. The lowest BCUT2D eigenvalue weighted by Gasteiger charge is -2.34. The minimum Gasteiger partial charge on any atom is -0.353 e. The summed E-state index contributed by atoms with van der Waals surface area (Å²) < 4.78 is 0. The van der Waals surface area contributed by atoms with Gasteiger partial charge in [0.15, 0.2) is 5.01 Å². The minimum atomic E-state index is 0.660. The van der Waals surface area contributed by atoms with Gasteiger partial charge in [0.25, 0.3) is 0 Å². The second-order valence-electron chi connectivity index (χ2n) is 5.41. The maximum Gasteiger partial charge on any atom is 0.208 e. The summed E-state index contributed by atoms with van der Waals surface area (Å²) in [5.41, 5.74) is 0.866. The Morgan fingerprint density at radius 2 is 1.75 bits per heavy atom. The molecule has 0 atom stereocenters. The predicted octanol–water partition coefficient (Wildman–Crippen LogP) is 2.98. The fourth-order valence-electron chi connectivity index (χ4n) is 2.62. The van der Waals surface area contributed by atoms with E-state index in [1.807, 2.05) is 30.3 Å². The Labute approximate surface area is 148 Å². The molecule has 0 N–H and O–H groups in total. The van der Waals surface area contributed by atoms with E-state index in [0.29, 0.717) is 5.02 Å². The van der Waals surface area contributed by atoms with Gasteiger partial charge in [-0.2, -0.15) is 0 Å². The summed E-state index contributed by atoms with van der Waals surface area (Å²) in [6, 6.07) is 9.65. The average molecular weight is 359 g/mol. The third-order valence-electron chi connectivity index (χ3n) is 3.88. The monoisotopic (exact) mass is 358 g/mol. The quantitative estimate of drug-likeness (QED) is 0.717. The standard InChI is InChI=1S/C16H15ClN6S/c17-12-4-5-14(19-11-12)22-7-9-23(10-8-22)16-21-20-15(24-16)13-3-1-2-6-18-13/h1-6,11H,7-10H2. The van der Waals surface area contributed by atoms with Crippen molar-refractivity contribution in [3.8, 4) is 10.7 Å². The van der Waals surface area contributed by atoms with Crippen LogP contribution in [0.5, 0.6) is 0 Å². The van der Waals surface area contributed by atoms with Crippen LogP contribution in [0.3, 0.4) is 0 Å². The van der Waals surface area contributed by atoms with Crippen LogP contribution < -0.4 is 9.80 Å². The first-order chi connectivity index (χ1) is 11.8. The number of halogens is 1. The van der Waals surface area contributed by atoms with E-state index < -0.39 is 0 Å². The smallest absolute Gasteiger partial charge is 0.208 e. The molecule has 1 saturated heterocycles. The van der Waals surface area contributed by atoms with Crippen molar-refractivity contribution in [2.45, 2.75) is 0 Å². The van der Waals surface area contributed by atoms with E-state index >= 15 is 0 Å². The molecule has 0 spiro atoms. The van der Waals surface area contributed by atoms with Crippen LogP contribution in [-0.2, 0) is 0 Å². The molecule has 1 aliphatic heterocycles. The van der Waals surface area contributed by atoms with Crippen LogP contribution in [0.15, 0.2) is 42.7 Å². The number of piperazine rings is 1. The Bertz CT molecular complexity index is 799. The van der Waals surface area contributed by atoms with E-state index in [1.54, 1.807) is 23.7 Å². The van der Waals surface area contributed by atoms with Gasteiger partial charge in [0.05, 0.1) is 5.02 Å². The predicted molar refractivity (Wildman–Crippen MR) is 96.8 cm³/mol. The number of rotatable bonds is 3. The third kappa shape index (κ3) is 3.18. The van der Waals surface area contributed by atoms with Gasteiger partial charge in [-0.15, -0.1) is 10.2 Å². The van der Waals surface area contributed by atoms with Crippen molar-refractivity contribution in [1.82, 2.24) is 20.2 Å². The van der Waals surface area contributed by atoms with Crippen LogP contribution in [0.25, 0.3) is 10.7 Å². The van der Waals surface area contributed by atoms with E-state index in [1.165, 1.54) is 0 Å². The topological polar surface area (TPSA) is 58.0 Å². The van der Waals surface area contributed by atoms with Crippen molar-refractivity contribution < 1.29 is 0 Å². The maximum absolute atomic E-state index is 5.90. The number of anilines is 2. The highest BCUT2D eigenvalue weighted by Crippen LogP contribution is 2.28. The summed E-state index contributed by atoms with van der Waals surface area (Å²) in [7, 11) is 0. The van der Waals surface area contributed by atoms with Crippen molar-refractivity contribution in [1.29, 1.82) is 0 Å². The van der Waals surface area contributed by atoms with Gasteiger partial charge in [0.2, 0.25) is 5.13 Å². The highest BCUT2D eigenvalue weighted by molar-refractivity contribution is 7.18. The summed E-state index contributed by atoms with van der Waals surface area (Å²) in [5, 5.41) is 11.1. The van der Waals surface area contributed by atoms with Gasteiger partial charge in [0, 0.05) is 38.6 Å². The van der Waals surface area contributed by atoms with Crippen LogP contribution >= 0.6 is 22.9 Å². The first kappa shape index (κ1) is 15.3. The molecule has 0 amide bonds. The van der Waals surface area contributed by atoms with Crippen molar-refractivity contribution >= 4 is 33.9 Å². The maximum atomic E-state index is 5.90. The molecule has 24 heavy (non-hydrogen) atoms. The summed E-state index contributed by atoms with van der Waals surface area (Å²) in [5.74, 6) is 0.963. The molecule has 1 aliphatic rings. The molecule has 8 heteroatoms. The van der Waals surface area contributed by atoms with Crippen molar-refractivity contribution in [2.75, 3.05) is 36.0 Å². The van der Waals surface area contributed by atoms with Crippen LogP contribution in [0.1, 0.15) is 0 Å². The van der Waals surface area contributed by atoms with E-state index in [2.05, 4.69) is 30.0 Å². The molecule has 1 fully saturated rings. The molecule has 0 aromatic carbocycles. The van der Waals surface area contributed by atoms with Gasteiger partial charge >= 0.3 is 0 Å². The van der Waals surface area contributed by atoms with Crippen molar-refractivity contribution in [3.63, 3.8) is 0 Å². The lowest BCUT2D eigenvalue weighted by Crippen LogP contribution is -2.46. The molecular weight excluding hydrogens is 344 g/mol. The normalized spacial score (nSPS) is 14.9. The Kier molecular flexibility index (Phi) is 4.27. The van der Waals surface area contributed by atoms with Crippen molar-refractivity contribution in [3.05, 3.63) is 47.7 Å². The van der Waals surface area contributed by atoms with E-state index in [-0.39, 0.29) is 0 Å². The largest absolute Gasteiger partial charge is 0.353 e. The fraction of sp³-hybridized carbons (Fsp3) is 0.250. The molecule has 4 heterocycles. The molecule has 0 unspecified atom stereocenters. The first-order valence-corrected chi connectivity index (χ1v) is 8.85. The van der Waals surface area contributed by atoms with Gasteiger partial charge in [-0.1, -0.05) is 29.0 Å². The second kappa shape index (κ2) is 6.70. The summed E-state index contributed by atoms with van der Waals surface area (Å²) >= 11 is 7.48. The minimum absolute atomic E-state index is 0.660. The lowest BCUT2D eigenvalue weighted by molar-refractivity contribution is 0.644. The molecule has 122 valence electrons. The lowest BCUT2D eigenvalue weighted by atomic mass is 10.3. The Morgan fingerprint density at radius 3 is 2.46 bits per heavy atom. The molecule has 4 rings (SSSR count). The number of nitrogens with zero attached hydrogens (tertiary/aromatic N) is 6. The highest BCUT2D eigenvalue weighted by atomic mass is 35.5. The Morgan fingerprint density at radius 1 is 0.917 bits per heavy atom. The van der Waals surface area contributed by atoms with E-state index in [0.717, 1.165) is 47.8 Å². The number of hydrogen-bond donors (Lipinski definition) is 0. The molecule has 0 bridgehead atoms. The number of hydrogen-bond acceptors (Lipinski definition) is 7. The van der Waals surface area contributed by atoms with Crippen LogP contribution in [-0.4, -0.2) is 46.3 Å². The van der Waals surface area contributed by atoms with Crippen LogP contribution in [0.4, 0.5) is 10.9 Å². The fourth-order valence-corrected chi connectivity index (χ4v) is 3.60. The Hall–Kier alpha value is -2.25. The van der Waals surface area contributed by atoms with Gasteiger partial charge in [-0.25, -0.2) is 4.98 Å². The SMILES string of the molecule is Clc1ccc(N2CCN(c3nnc(-c4ccccn4)s3)CC2)nc1. The van der Waals surface area contributed by atoms with Gasteiger partial charge in [-0.3, -0.25) is 4.98 Å². The van der Waals surface area contributed by atoms with Gasteiger partial charge in [-0.05, 0) is 24.3 Å². The van der Waals surface area contributed by atoms with Crippen molar-refractivity contribution in [2.24, 2.45) is 0 Å². The van der Waals surface area contributed by atoms with Crippen LogP contribution in [0, 0.1) is 0 Å².